The fraction of sp³-hybridized carbons (Fsp3) is 0.375. The molecular weight excluding hydrogens is 407 g/mol. The summed E-state index contributed by atoms with van der Waals surface area (Å²) < 4.78 is 0. The molecule has 3 N–H and O–H groups in total. The van der Waals surface area contributed by atoms with Crippen molar-refractivity contribution in [1.29, 1.82) is 0 Å². The van der Waals surface area contributed by atoms with E-state index in [0.29, 0.717) is 18.4 Å². The zero-order chi connectivity index (χ0) is 15.2. The summed E-state index contributed by atoms with van der Waals surface area (Å²) in [5, 5.41) is 6.22. The molecule has 0 aliphatic rings. The minimum atomic E-state index is 0. The Balaban J connectivity index is 0.00000242. The van der Waals surface area contributed by atoms with Crippen LogP contribution in [0.15, 0.2) is 40.8 Å². The standard InChI is InChI=1S/C16H22N4S.HI/c1-11(2)13-5-4-6-14(9-13)20-16(17)19-10-12(3)15-18-7-8-21-15;/h4-9,11-12H,10H2,1-3H3,(H3,17,19,20);1H. The van der Waals surface area contributed by atoms with Gasteiger partial charge in [0, 0.05) is 23.2 Å². The number of anilines is 1. The number of aliphatic imine (C=N–C) groups is 1. The van der Waals surface area contributed by atoms with Gasteiger partial charge in [-0.15, -0.1) is 35.3 Å². The average Bonchev–Trinajstić information content (AvgIpc) is 2.99. The quantitative estimate of drug-likeness (QED) is 0.420. The van der Waals surface area contributed by atoms with Crippen molar-refractivity contribution in [3.8, 4) is 0 Å². The number of nitrogens with one attached hydrogen (secondary N) is 1. The second kappa shape index (κ2) is 9.09. The van der Waals surface area contributed by atoms with Crippen LogP contribution in [-0.4, -0.2) is 17.5 Å². The number of thiazole rings is 1. The molecule has 1 atom stereocenters. The van der Waals surface area contributed by atoms with Crippen molar-refractivity contribution in [2.45, 2.75) is 32.6 Å². The van der Waals surface area contributed by atoms with Crippen LogP contribution in [0.4, 0.5) is 5.69 Å². The summed E-state index contributed by atoms with van der Waals surface area (Å²) in [5.41, 5.74) is 8.21. The minimum absolute atomic E-state index is 0. The SMILES string of the molecule is CC(C)c1cccc(NC(N)=NCC(C)c2nccs2)c1.I. The van der Waals surface area contributed by atoms with Gasteiger partial charge in [-0.3, -0.25) is 4.99 Å². The molecule has 0 aliphatic carbocycles. The molecule has 0 spiro atoms. The summed E-state index contributed by atoms with van der Waals surface area (Å²) in [4.78, 5) is 8.70. The summed E-state index contributed by atoms with van der Waals surface area (Å²) in [6.07, 6.45) is 1.82. The maximum Gasteiger partial charge on any atom is 0.193 e. The maximum atomic E-state index is 5.96. The first-order valence-corrected chi connectivity index (χ1v) is 8.00. The van der Waals surface area contributed by atoms with Crippen LogP contribution in [0.2, 0.25) is 0 Å². The smallest absolute Gasteiger partial charge is 0.193 e. The van der Waals surface area contributed by atoms with Crippen LogP contribution in [0.25, 0.3) is 0 Å². The Hall–Kier alpha value is -1.15. The lowest BCUT2D eigenvalue weighted by Crippen LogP contribution is -2.23. The molecule has 1 aromatic heterocycles. The van der Waals surface area contributed by atoms with Crippen LogP contribution in [-0.2, 0) is 0 Å². The van der Waals surface area contributed by atoms with Gasteiger partial charge < -0.3 is 11.1 Å². The Morgan fingerprint density at radius 3 is 2.77 bits per heavy atom. The van der Waals surface area contributed by atoms with Crippen LogP contribution in [0.1, 0.15) is 43.2 Å². The van der Waals surface area contributed by atoms with E-state index in [9.17, 15) is 0 Å². The maximum absolute atomic E-state index is 5.96. The van der Waals surface area contributed by atoms with Gasteiger partial charge in [0.2, 0.25) is 0 Å². The highest BCUT2D eigenvalue weighted by Crippen LogP contribution is 2.19. The molecule has 0 aliphatic heterocycles. The van der Waals surface area contributed by atoms with Gasteiger partial charge >= 0.3 is 0 Å². The fourth-order valence-corrected chi connectivity index (χ4v) is 2.64. The van der Waals surface area contributed by atoms with Gasteiger partial charge in [-0.2, -0.15) is 0 Å². The number of halogens is 1. The average molecular weight is 430 g/mol. The van der Waals surface area contributed by atoms with Crippen molar-refractivity contribution in [2.24, 2.45) is 10.7 Å². The van der Waals surface area contributed by atoms with Crippen molar-refractivity contribution >= 4 is 47.0 Å². The van der Waals surface area contributed by atoms with Crippen LogP contribution in [0.5, 0.6) is 0 Å². The van der Waals surface area contributed by atoms with Gasteiger partial charge in [0.25, 0.3) is 0 Å². The lowest BCUT2D eigenvalue weighted by Gasteiger charge is -2.10. The molecule has 1 unspecified atom stereocenters. The van der Waals surface area contributed by atoms with Crippen LogP contribution < -0.4 is 11.1 Å². The molecule has 22 heavy (non-hydrogen) atoms. The molecule has 6 heteroatoms. The number of benzene rings is 1. The first kappa shape index (κ1) is 18.9. The number of nitrogens with zero attached hydrogens (tertiary/aromatic N) is 2. The van der Waals surface area contributed by atoms with Gasteiger partial charge in [0.05, 0.1) is 11.6 Å². The summed E-state index contributed by atoms with van der Waals surface area (Å²) in [6, 6.07) is 8.26. The van der Waals surface area contributed by atoms with Crippen molar-refractivity contribution in [2.75, 3.05) is 11.9 Å². The molecule has 2 rings (SSSR count). The molecule has 0 saturated carbocycles. The number of rotatable bonds is 5. The predicted octanol–water partition coefficient (Wildman–Crippen LogP) is 4.41. The Morgan fingerprint density at radius 1 is 1.36 bits per heavy atom. The molecular formula is C16H23IN4S. The molecule has 0 radical (unpaired) electrons. The third-order valence-corrected chi connectivity index (χ3v) is 4.24. The van der Waals surface area contributed by atoms with E-state index in [4.69, 9.17) is 5.73 Å². The highest BCUT2D eigenvalue weighted by molar-refractivity contribution is 14.0. The molecule has 1 heterocycles. The third kappa shape index (κ3) is 5.57. The third-order valence-electron chi connectivity index (χ3n) is 3.23. The number of guanidine groups is 1. The van der Waals surface area contributed by atoms with E-state index in [2.05, 4.69) is 48.2 Å². The van der Waals surface area contributed by atoms with E-state index >= 15 is 0 Å². The Labute approximate surface area is 153 Å². The molecule has 1 aromatic carbocycles. The number of hydrogen-bond donors (Lipinski definition) is 2. The summed E-state index contributed by atoms with van der Waals surface area (Å²) >= 11 is 1.65. The summed E-state index contributed by atoms with van der Waals surface area (Å²) in [6.45, 7) is 7.09. The Morgan fingerprint density at radius 2 is 2.14 bits per heavy atom. The second-order valence-corrected chi connectivity index (χ2v) is 6.33. The predicted molar refractivity (Wildman–Crippen MR) is 107 cm³/mol. The topological polar surface area (TPSA) is 63.3 Å². The van der Waals surface area contributed by atoms with E-state index in [1.807, 2.05) is 23.7 Å². The van der Waals surface area contributed by atoms with Crippen LogP contribution in [0.3, 0.4) is 0 Å². The van der Waals surface area contributed by atoms with Crippen LogP contribution in [0, 0.1) is 0 Å². The lowest BCUT2D eigenvalue weighted by atomic mass is 10.0. The molecule has 0 saturated heterocycles. The number of nitrogens with two attached hydrogens (primary N) is 1. The number of aromatic nitrogens is 1. The normalized spacial score (nSPS) is 12.8. The molecule has 120 valence electrons. The Kier molecular flexibility index (Phi) is 7.81. The van der Waals surface area contributed by atoms with E-state index in [0.717, 1.165) is 10.7 Å². The molecule has 2 aromatic rings. The van der Waals surface area contributed by atoms with Gasteiger partial charge in [0.15, 0.2) is 5.96 Å². The fourth-order valence-electron chi connectivity index (χ4n) is 1.95. The van der Waals surface area contributed by atoms with E-state index in [1.165, 1.54) is 5.56 Å². The zero-order valence-electron chi connectivity index (χ0n) is 13.1. The van der Waals surface area contributed by atoms with Crippen molar-refractivity contribution < 1.29 is 0 Å². The highest BCUT2D eigenvalue weighted by atomic mass is 127. The van der Waals surface area contributed by atoms with E-state index < -0.39 is 0 Å². The van der Waals surface area contributed by atoms with Gasteiger partial charge in [0.1, 0.15) is 0 Å². The number of hydrogen-bond acceptors (Lipinski definition) is 3. The van der Waals surface area contributed by atoms with Crippen molar-refractivity contribution in [3.05, 3.63) is 46.4 Å². The van der Waals surface area contributed by atoms with Gasteiger partial charge in [-0.05, 0) is 23.6 Å². The molecule has 0 amide bonds. The summed E-state index contributed by atoms with van der Waals surface area (Å²) in [7, 11) is 0. The van der Waals surface area contributed by atoms with Gasteiger partial charge in [-0.1, -0.05) is 32.9 Å². The van der Waals surface area contributed by atoms with Crippen LogP contribution >= 0.6 is 35.3 Å². The van der Waals surface area contributed by atoms with E-state index in [-0.39, 0.29) is 29.9 Å². The minimum Gasteiger partial charge on any atom is -0.370 e. The second-order valence-electron chi connectivity index (χ2n) is 5.40. The largest absolute Gasteiger partial charge is 0.370 e. The zero-order valence-corrected chi connectivity index (χ0v) is 16.3. The van der Waals surface area contributed by atoms with Crippen molar-refractivity contribution in [3.63, 3.8) is 0 Å². The highest BCUT2D eigenvalue weighted by Gasteiger charge is 2.07. The molecule has 0 bridgehead atoms. The first-order valence-electron chi connectivity index (χ1n) is 7.12. The molecule has 0 fully saturated rings. The van der Waals surface area contributed by atoms with E-state index in [1.54, 1.807) is 11.3 Å². The van der Waals surface area contributed by atoms with Crippen molar-refractivity contribution in [1.82, 2.24) is 4.98 Å². The molecule has 4 nitrogen and oxygen atoms in total. The summed E-state index contributed by atoms with van der Waals surface area (Å²) in [5.74, 6) is 1.22. The Bertz CT molecular complexity index is 596. The first-order chi connectivity index (χ1) is 10.1. The monoisotopic (exact) mass is 430 g/mol. The van der Waals surface area contributed by atoms with Gasteiger partial charge in [-0.25, -0.2) is 4.98 Å². The lowest BCUT2D eigenvalue weighted by molar-refractivity contribution is 0.766.